The van der Waals surface area contributed by atoms with Crippen LogP contribution in [0.15, 0.2) is 18.2 Å². The van der Waals surface area contributed by atoms with Gasteiger partial charge in [0.2, 0.25) is 0 Å². The Labute approximate surface area is 103 Å². The summed E-state index contributed by atoms with van der Waals surface area (Å²) in [6, 6.07) is 2.30. The van der Waals surface area contributed by atoms with Gasteiger partial charge >= 0.3 is 6.18 Å². The maximum Gasteiger partial charge on any atom is 0.416 e. The minimum atomic E-state index is -4.44. The molecule has 100 valence electrons. The largest absolute Gasteiger partial charge is 0.416 e. The fraction of sp³-hybridized carbons (Fsp3) is 0.538. The summed E-state index contributed by atoms with van der Waals surface area (Å²) in [6.45, 7) is 2.40. The number of hydrogen-bond acceptors (Lipinski definition) is 1. The van der Waals surface area contributed by atoms with Crippen molar-refractivity contribution in [2.75, 3.05) is 6.54 Å². The number of rotatable bonds is 4. The molecule has 1 N–H and O–H groups in total. The number of alkyl halides is 3. The smallest absolute Gasteiger partial charge is 0.310 e. The van der Waals surface area contributed by atoms with Crippen LogP contribution in [0.25, 0.3) is 0 Å². The van der Waals surface area contributed by atoms with E-state index in [1.807, 2.05) is 6.92 Å². The topological polar surface area (TPSA) is 12.0 Å². The van der Waals surface area contributed by atoms with Crippen molar-refractivity contribution in [1.29, 1.82) is 0 Å². The monoisotopic (exact) mass is 261 g/mol. The number of hydrogen-bond donors (Lipinski definition) is 1. The highest BCUT2D eigenvalue weighted by Gasteiger charge is 2.39. The van der Waals surface area contributed by atoms with E-state index in [0.29, 0.717) is 6.54 Å². The highest BCUT2D eigenvalue weighted by Crippen LogP contribution is 2.44. The molecule has 2 rings (SSSR count). The lowest BCUT2D eigenvalue weighted by Gasteiger charge is -2.22. The molecular weight excluding hydrogens is 246 g/mol. The number of nitrogens with one attached hydrogen (secondary N) is 1. The second kappa shape index (κ2) is 4.88. The maximum absolute atomic E-state index is 13.2. The predicted octanol–water partition coefficient (Wildman–Crippen LogP) is 3.91. The zero-order chi connectivity index (χ0) is 13.3. The first kappa shape index (κ1) is 13.3. The molecule has 0 amide bonds. The molecule has 0 bridgehead atoms. The lowest BCUT2D eigenvalue weighted by atomic mass is 9.96. The number of benzene rings is 1. The van der Waals surface area contributed by atoms with Gasteiger partial charge in [-0.25, -0.2) is 4.39 Å². The van der Waals surface area contributed by atoms with E-state index in [0.717, 1.165) is 31.0 Å². The van der Waals surface area contributed by atoms with E-state index in [1.54, 1.807) is 0 Å². The van der Waals surface area contributed by atoms with E-state index >= 15 is 0 Å². The van der Waals surface area contributed by atoms with Crippen LogP contribution in [-0.4, -0.2) is 6.54 Å². The Hall–Kier alpha value is -1.10. The molecule has 0 spiro atoms. The first-order chi connectivity index (χ1) is 8.43. The van der Waals surface area contributed by atoms with Gasteiger partial charge in [-0.3, -0.25) is 0 Å². The van der Waals surface area contributed by atoms with E-state index in [2.05, 4.69) is 5.32 Å². The average Bonchev–Trinajstić information content (AvgIpc) is 3.07. The second-order valence-electron chi connectivity index (χ2n) is 4.60. The summed E-state index contributed by atoms with van der Waals surface area (Å²) in [6.07, 6.45) is -2.65. The molecule has 1 atom stereocenters. The molecule has 1 nitrogen and oxygen atoms in total. The molecule has 0 radical (unpaired) electrons. The van der Waals surface area contributed by atoms with Crippen LogP contribution < -0.4 is 5.32 Å². The van der Waals surface area contributed by atoms with Crippen LogP contribution in [0.3, 0.4) is 0 Å². The molecule has 5 heteroatoms. The highest BCUT2D eigenvalue weighted by molar-refractivity contribution is 5.34. The van der Waals surface area contributed by atoms with Crippen LogP contribution in [0, 0.1) is 11.7 Å². The first-order valence-electron chi connectivity index (χ1n) is 6.03. The second-order valence-corrected chi connectivity index (χ2v) is 4.60. The molecule has 1 aromatic carbocycles. The molecule has 0 aromatic heterocycles. The van der Waals surface area contributed by atoms with E-state index in [9.17, 15) is 17.6 Å². The van der Waals surface area contributed by atoms with Crippen LogP contribution in [0.2, 0.25) is 0 Å². The van der Waals surface area contributed by atoms with E-state index in [4.69, 9.17) is 0 Å². The molecular formula is C13H15F4N. The van der Waals surface area contributed by atoms with Crippen molar-refractivity contribution in [3.8, 4) is 0 Å². The molecule has 0 heterocycles. The van der Waals surface area contributed by atoms with Crippen molar-refractivity contribution in [1.82, 2.24) is 5.32 Å². The Balaban J connectivity index is 2.42. The molecule has 1 aliphatic carbocycles. The maximum atomic E-state index is 13.2. The molecule has 18 heavy (non-hydrogen) atoms. The molecule has 1 aliphatic rings. The Morgan fingerprint density at radius 2 is 2.00 bits per heavy atom. The fourth-order valence-electron chi connectivity index (χ4n) is 2.23. The van der Waals surface area contributed by atoms with Crippen LogP contribution in [0.1, 0.15) is 36.9 Å². The van der Waals surface area contributed by atoms with Gasteiger partial charge in [0, 0.05) is 6.04 Å². The molecule has 1 aromatic rings. The van der Waals surface area contributed by atoms with E-state index in [-0.39, 0.29) is 11.5 Å². The van der Waals surface area contributed by atoms with Gasteiger partial charge in [-0.2, -0.15) is 13.2 Å². The quantitative estimate of drug-likeness (QED) is 0.810. The van der Waals surface area contributed by atoms with Gasteiger partial charge in [0.25, 0.3) is 0 Å². The standard InChI is InChI=1S/C13H15F4N/c1-2-18-12(8-3-4-8)10-7-9(14)5-6-11(10)13(15,16)17/h5-8,12,18H,2-4H2,1H3. The fourth-order valence-corrected chi connectivity index (χ4v) is 2.23. The van der Waals surface area contributed by atoms with Crippen molar-refractivity contribution in [2.45, 2.75) is 32.0 Å². The Kier molecular flexibility index (Phi) is 3.61. The normalized spacial score (nSPS) is 17.8. The predicted molar refractivity (Wildman–Crippen MR) is 60.5 cm³/mol. The van der Waals surface area contributed by atoms with Crippen LogP contribution in [0.5, 0.6) is 0 Å². The summed E-state index contributed by atoms with van der Waals surface area (Å²) in [5.41, 5.74) is -0.700. The average molecular weight is 261 g/mol. The summed E-state index contributed by atoms with van der Waals surface area (Å²) in [5.74, 6) is -0.436. The van der Waals surface area contributed by atoms with Crippen molar-refractivity contribution in [3.05, 3.63) is 35.1 Å². The Bertz CT molecular complexity index is 423. The molecule has 0 aliphatic heterocycles. The summed E-state index contributed by atoms with van der Waals surface area (Å²) in [4.78, 5) is 0. The van der Waals surface area contributed by atoms with Crippen molar-refractivity contribution < 1.29 is 17.6 Å². The Morgan fingerprint density at radius 1 is 1.33 bits per heavy atom. The van der Waals surface area contributed by atoms with E-state index < -0.39 is 23.6 Å². The minimum absolute atomic E-state index is 0.0341. The molecule has 0 saturated heterocycles. The third-order valence-corrected chi connectivity index (χ3v) is 3.17. The van der Waals surface area contributed by atoms with Gasteiger partial charge < -0.3 is 5.32 Å². The van der Waals surface area contributed by atoms with Gasteiger partial charge in [0.1, 0.15) is 5.82 Å². The third kappa shape index (κ3) is 2.83. The molecule has 1 saturated carbocycles. The Morgan fingerprint density at radius 3 is 2.50 bits per heavy atom. The SMILES string of the molecule is CCNC(c1cc(F)ccc1C(F)(F)F)C1CC1. The summed E-state index contributed by atoms with van der Waals surface area (Å²) in [7, 11) is 0. The van der Waals surface area contributed by atoms with Crippen LogP contribution >= 0.6 is 0 Å². The third-order valence-electron chi connectivity index (χ3n) is 3.17. The van der Waals surface area contributed by atoms with Crippen LogP contribution in [-0.2, 0) is 6.18 Å². The van der Waals surface area contributed by atoms with Gasteiger partial charge in [0.05, 0.1) is 5.56 Å². The van der Waals surface area contributed by atoms with E-state index in [1.165, 1.54) is 0 Å². The van der Waals surface area contributed by atoms with Crippen molar-refractivity contribution in [2.24, 2.45) is 5.92 Å². The summed E-state index contributed by atoms with van der Waals surface area (Å²) >= 11 is 0. The van der Waals surface area contributed by atoms with Crippen molar-refractivity contribution >= 4 is 0 Å². The lowest BCUT2D eigenvalue weighted by Crippen LogP contribution is -2.25. The van der Waals surface area contributed by atoms with Crippen molar-refractivity contribution in [3.63, 3.8) is 0 Å². The highest BCUT2D eigenvalue weighted by atomic mass is 19.4. The van der Waals surface area contributed by atoms with Gasteiger partial charge in [-0.05, 0) is 49.1 Å². The number of halogens is 4. The van der Waals surface area contributed by atoms with Gasteiger partial charge in [0.15, 0.2) is 0 Å². The van der Waals surface area contributed by atoms with Gasteiger partial charge in [-0.1, -0.05) is 6.92 Å². The molecule has 1 fully saturated rings. The lowest BCUT2D eigenvalue weighted by molar-refractivity contribution is -0.138. The minimum Gasteiger partial charge on any atom is -0.310 e. The summed E-state index contributed by atoms with van der Waals surface area (Å²) in [5, 5.41) is 3.03. The summed E-state index contributed by atoms with van der Waals surface area (Å²) < 4.78 is 52.0. The molecule has 1 unspecified atom stereocenters. The first-order valence-corrected chi connectivity index (χ1v) is 6.03. The van der Waals surface area contributed by atoms with Crippen LogP contribution in [0.4, 0.5) is 17.6 Å². The zero-order valence-electron chi connectivity index (χ0n) is 10.0. The van der Waals surface area contributed by atoms with Gasteiger partial charge in [-0.15, -0.1) is 0 Å². The zero-order valence-corrected chi connectivity index (χ0v) is 10.0.